The molecule has 1 heterocycles. The number of hydrogen-bond acceptors (Lipinski definition) is 2. The number of aliphatic imine (C=N–C) groups is 1. The summed E-state index contributed by atoms with van der Waals surface area (Å²) in [6, 6.07) is 1.50. The minimum Gasteiger partial charge on any atom is -0.355 e. The molecular weight excluding hydrogens is 248 g/mol. The lowest BCUT2D eigenvalue weighted by molar-refractivity contribution is 0.213. The van der Waals surface area contributed by atoms with Crippen LogP contribution in [0, 0.1) is 5.92 Å². The standard InChI is InChI=1S/C16H32N4/c1-13(2)20(15-5-6-15)12-9-18-16(17-4)19-10-7-14(3)8-11-19/h13-15H,5-12H2,1-4H3,(H,17,18). The first-order valence-corrected chi connectivity index (χ1v) is 8.33. The fraction of sp³-hybridized carbons (Fsp3) is 0.938. The topological polar surface area (TPSA) is 30.9 Å². The average molecular weight is 280 g/mol. The molecule has 0 spiro atoms. The number of nitrogens with zero attached hydrogens (tertiary/aromatic N) is 3. The molecule has 2 rings (SSSR count). The molecule has 1 saturated heterocycles. The van der Waals surface area contributed by atoms with Gasteiger partial charge in [-0.15, -0.1) is 0 Å². The average Bonchev–Trinajstić information content (AvgIpc) is 3.24. The summed E-state index contributed by atoms with van der Waals surface area (Å²) in [7, 11) is 1.90. The van der Waals surface area contributed by atoms with E-state index in [0.29, 0.717) is 6.04 Å². The third kappa shape index (κ3) is 4.37. The molecule has 116 valence electrons. The Bertz CT molecular complexity index is 312. The van der Waals surface area contributed by atoms with Crippen LogP contribution in [0.3, 0.4) is 0 Å². The fourth-order valence-corrected chi connectivity index (χ4v) is 3.12. The molecule has 4 nitrogen and oxygen atoms in total. The first-order valence-electron chi connectivity index (χ1n) is 8.33. The van der Waals surface area contributed by atoms with Crippen molar-refractivity contribution in [1.29, 1.82) is 0 Å². The molecule has 1 saturated carbocycles. The van der Waals surface area contributed by atoms with Gasteiger partial charge in [0.1, 0.15) is 0 Å². The summed E-state index contributed by atoms with van der Waals surface area (Å²) in [6.07, 6.45) is 5.36. The van der Waals surface area contributed by atoms with E-state index in [-0.39, 0.29) is 0 Å². The van der Waals surface area contributed by atoms with Crippen molar-refractivity contribution in [3.05, 3.63) is 0 Å². The van der Waals surface area contributed by atoms with E-state index in [0.717, 1.165) is 44.1 Å². The largest absolute Gasteiger partial charge is 0.355 e. The second-order valence-corrected chi connectivity index (χ2v) is 6.71. The summed E-state index contributed by atoms with van der Waals surface area (Å²) in [5.41, 5.74) is 0. The molecule has 1 aliphatic carbocycles. The van der Waals surface area contributed by atoms with Crippen LogP contribution in [-0.4, -0.2) is 61.1 Å². The minimum absolute atomic E-state index is 0.655. The fourth-order valence-electron chi connectivity index (χ4n) is 3.12. The van der Waals surface area contributed by atoms with Crippen LogP contribution in [0.25, 0.3) is 0 Å². The van der Waals surface area contributed by atoms with Crippen LogP contribution in [0.4, 0.5) is 0 Å². The summed E-state index contributed by atoms with van der Waals surface area (Å²) < 4.78 is 0. The van der Waals surface area contributed by atoms with Crippen molar-refractivity contribution in [3.63, 3.8) is 0 Å². The highest BCUT2D eigenvalue weighted by Gasteiger charge is 2.30. The summed E-state index contributed by atoms with van der Waals surface area (Å²) in [6.45, 7) is 11.4. The molecule has 0 aromatic rings. The van der Waals surface area contributed by atoms with E-state index in [1.807, 2.05) is 7.05 Å². The Balaban J connectivity index is 1.73. The van der Waals surface area contributed by atoms with Crippen LogP contribution in [0.2, 0.25) is 0 Å². The number of likely N-dealkylation sites (tertiary alicyclic amines) is 1. The molecule has 1 aliphatic heterocycles. The molecule has 1 N–H and O–H groups in total. The number of hydrogen-bond donors (Lipinski definition) is 1. The van der Waals surface area contributed by atoms with E-state index in [1.54, 1.807) is 0 Å². The first-order chi connectivity index (χ1) is 9.61. The zero-order valence-corrected chi connectivity index (χ0v) is 13.7. The Hall–Kier alpha value is -0.770. The number of nitrogens with one attached hydrogen (secondary N) is 1. The Morgan fingerprint density at radius 2 is 1.90 bits per heavy atom. The molecule has 2 aliphatic rings. The van der Waals surface area contributed by atoms with Crippen LogP contribution in [0.5, 0.6) is 0 Å². The van der Waals surface area contributed by atoms with Crippen molar-refractivity contribution in [2.24, 2.45) is 10.9 Å². The molecule has 0 amide bonds. The maximum Gasteiger partial charge on any atom is 0.193 e. The molecule has 4 heteroatoms. The SMILES string of the molecule is CN=C(NCCN(C(C)C)C1CC1)N1CCC(C)CC1. The van der Waals surface area contributed by atoms with Gasteiger partial charge in [-0.1, -0.05) is 6.92 Å². The second-order valence-electron chi connectivity index (χ2n) is 6.71. The Morgan fingerprint density at radius 3 is 2.40 bits per heavy atom. The number of guanidine groups is 1. The van der Waals surface area contributed by atoms with Gasteiger partial charge in [0.25, 0.3) is 0 Å². The maximum absolute atomic E-state index is 4.45. The van der Waals surface area contributed by atoms with Crippen molar-refractivity contribution in [3.8, 4) is 0 Å². The van der Waals surface area contributed by atoms with Crippen molar-refractivity contribution in [2.75, 3.05) is 33.2 Å². The monoisotopic (exact) mass is 280 g/mol. The lowest BCUT2D eigenvalue weighted by Gasteiger charge is -2.33. The van der Waals surface area contributed by atoms with E-state index in [2.05, 4.69) is 40.9 Å². The Morgan fingerprint density at radius 1 is 1.25 bits per heavy atom. The molecule has 0 aromatic heterocycles. The highest BCUT2D eigenvalue weighted by molar-refractivity contribution is 5.79. The summed E-state index contributed by atoms with van der Waals surface area (Å²) in [5, 5.41) is 3.56. The van der Waals surface area contributed by atoms with Gasteiger partial charge in [-0.2, -0.15) is 0 Å². The molecule has 0 aromatic carbocycles. The van der Waals surface area contributed by atoms with Gasteiger partial charge in [0.05, 0.1) is 0 Å². The Kier molecular flexibility index (Phi) is 5.70. The van der Waals surface area contributed by atoms with Crippen molar-refractivity contribution in [1.82, 2.24) is 15.1 Å². The predicted octanol–water partition coefficient (Wildman–Crippen LogP) is 2.17. The van der Waals surface area contributed by atoms with Gasteiger partial charge in [0.15, 0.2) is 5.96 Å². The zero-order chi connectivity index (χ0) is 14.5. The lowest BCUT2D eigenvalue weighted by atomic mass is 10.00. The smallest absolute Gasteiger partial charge is 0.193 e. The van der Waals surface area contributed by atoms with Gasteiger partial charge in [-0.3, -0.25) is 9.89 Å². The normalized spacial score (nSPS) is 21.9. The van der Waals surface area contributed by atoms with Crippen molar-refractivity contribution < 1.29 is 0 Å². The van der Waals surface area contributed by atoms with Gasteiger partial charge in [-0.05, 0) is 45.4 Å². The Labute approximate surface area is 124 Å². The van der Waals surface area contributed by atoms with Crippen LogP contribution in [0.15, 0.2) is 4.99 Å². The second kappa shape index (κ2) is 7.30. The quantitative estimate of drug-likeness (QED) is 0.618. The van der Waals surface area contributed by atoms with E-state index in [9.17, 15) is 0 Å². The van der Waals surface area contributed by atoms with E-state index in [1.165, 1.54) is 25.7 Å². The van der Waals surface area contributed by atoms with Crippen molar-refractivity contribution in [2.45, 2.75) is 58.5 Å². The molecule has 0 bridgehead atoms. The van der Waals surface area contributed by atoms with Crippen LogP contribution in [0.1, 0.15) is 46.5 Å². The minimum atomic E-state index is 0.655. The molecule has 20 heavy (non-hydrogen) atoms. The highest BCUT2D eigenvalue weighted by Crippen LogP contribution is 2.27. The third-order valence-corrected chi connectivity index (χ3v) is 4.63. The van der Waals surface area contributed by atoms with Crippen LogP contribution < -0.4 is 5.32 Å². The van der Waals surface area contributed by atoms with Gasteiger partial charge >= 0.3 is 0 Å². The predicted molar refractivity (Wildman–Crippen MR) is 86.2 cm³/mol. The molecule has 0 atom stereocenters. The van der Waals surface area contributed by atoms with Crippen LogP contribution >= 0.6 is 0 Å². The molecule has 2 fully saturated rings. The van der Waals surface area contributed by atoms with E-state index < -0.39 is 0 Å². The lowest BCUT2D eigenvalue weighted by Crippen LogP contribution is -2.48. The summed E-state index contributed by atoms with van der Waals surface area (Å²) >= 11 is 0. The molecule has 0 radical (unpaired) electrons. The van der Waals surface area contributed by atoms with Crippen LogP contribution in [-0.2, 0) is 0 Å². The van der Waals surface area contributed by atoms with Gasteiger partial charge in [-0.25, -0.2) is 0 Å². The number of piperidine rings is 1. The van der Waals surface area contributed by atoms with E-state index >= 15 is 0 Å². The van der Waals surface area contributed by atoms with Gasteiger partial charge in [0.2, 0.25) is 0 Å². The maximum atomic E-state index is 4.45. The van der Waals surface area contributed by atoms with Gasteiger partial charge < -0.3 is 10.2 Å². The summed E-state index contributed by atoms with van der Waals surface area (Å²) in [4.78, 5) is 9.49. The van der Waals surface area contributed by atoms with Crippen molar-refractivity contribution >= 4 is 5.96 Å². The molecule has 0 unspecified atom stereocenters. The zero-order valence-electron chi connectivity index (χ0n) is 13.7. The number of rotatable bonds is 5. The highest BCUT2D eigenvalue weighted by atomic mass is 15.3. The van der Waals surface area contributed by atoms with E-state index in [4.69, 9.17) is 0 Å². The first kappa shape index (κ1) is 15.6. The summed E-state index contributed by atoms with van der Waals surface area (Å²) in [5.74, 6) is 1.96. The third-order valence-electron chi connectivity index (χ3n) is 4.63. The van der Waals surface area contributed by atoms with Gasteiger partial charge in [0, 0.05) is 45.3 Å². The molecular formula is C16H32N4.